The number of hydrogen-bond acceptors (Lipinski definition) is 5. The van der Waals surface area contributed by atoms with Gasteiger partial charge in [0.15, 0.2) is 0 Å². The Bertz CT molecular complexity index is 584. The summed E-state index contributed by atoms with van der Waals surface area (Å²) in [6, 6.07) is 3.25. The normalized spacial score (nSPS) is 10.4. The van der Waals surface area contributed by atoms with Crippen molar-refractivity contribution in [2.75, 3.05) is 5.32 Å². The van der Waals surface area contributed by atoms with E-state index >= 15 is 0 Å². The lowest BCUT2D eigenvalue weighted by Crippen LogP contribution is -2.12. The third kappa shape index (κ3) is 3.02. The maximum Gasteiger partial charge on any atom is 0.257 e. The molecule has 0 aromatic carbocycles. The van der Waals surface area contributed by atoms with Crippen molar-refractivity contribution in [2.45, 2.75) is 20.3 Å². The van der Waals surface area contributed by atoms with Crippen LogP contribution in [-0.4, -0.2) is 21.1 Å². The quantitative estimate of drug-likeness (QED) is 0.879. The SMILES string of the molecule is CCc1cc(C(=O)Nc2nnc(C)s2)cc(Cl)n1. The van der Waals surface area contributed by atoms with E-state index in [1.807, 2.05) is 13.8 Å². The second kappa shape index (κ2) is 5.41. The van der Waals surface area contributed by atoms with E-state index in [4.69, 9.17) is 11.6 Å². The number of carbonyl (C=O) groups excluding carboxylic acids is 1. The molecule has 7 heteroatoms. The van der Waals surface area contributed by atoms with Crippen LogP contribution in [0.3, 0.4) is 0 Å². The van der Waals surface area contributed by atoms with Gasteiger partial charge in [-0.1, -0.05) is 29.9 Å². The molecule has 0 radical (unpaired) electrons. The van der Waals surface area contributed by atoms with Gasteiger partial charge in [0.05, 0.1) is 0 Å². The van der Waals surface area contributed by atoms with Crippen molar-refractivity contribution in [3.63, 3.8) is 0 Å². The van der Waals surface area contributed by atoms with Gasteiger partial charge in [0, 0.05) is 11.3 Å². The summed E-state index contributed by atoms with van der Waals surface area (Å²) in [6.07, 6.45) is 0.721. The minimum atomic E-state index is -0.259. The largest absolute Gasteiger partial charge is 0.296 e. The first-order chi connectivity index (χ1) is 8.58. The van der Waals surface area contributed by atoms with Crippen molar-refractivity contribution in [1.82, 2.24) is 15.2 Å². The van der Waals surface area contributed by atoms with Crippen LogP contribution in [0.1, 0.15) is 28.0 Å². The second-order valence-electron chi connectivity index (χ2n) is 3.60. The van der Waals surface area contributed by atoms with Crippen LogP contribution in [0.15, 0.2) is 12.1 Å². The number of rotatable bonds is 3. The van der Waals surface area contributed by atoms with E-state index in [1.54, 1.807) is 6.07 Å². The van der Waals surface area contributed by atoms with E-state index in [-0.39, 0.29) is 5.91 Å². The molecule has 18 heavy (non-hydrogen) atoms. The number of amides is 1. The summed E-state index contributed by atoms with van der Waals surface area (Å²) in [5.74, 6) is -0.259. The van der Waals surface area contributed by atoms with Gasteiger partial charge in [-0.15, -0.1) is 10.2 Å². The summed E-state index contributed by atoms with van der Waals surface area (Å²) >= 11 is 7.19. The zero-order valence-electron chi connectivity index (χ0n) is 9.90. The average molecular weight is 283 g/mol. The van der Waals surface area contributed by atoms with Crippen molar-refractivity contribution >= 4 is 34.0 Å². The molecule has 0 bridgehead atoms. The first-order valence-electron chi connectivity index (χ1n) is 5.36. The molecular formula is C11H11ClN4OS. The molecule has 2 aromatic heterocycles. The third-order valence-corrected chi connectivity index (χ3v) is 3.17. The van der Waals surface area contributed by atoms with Gasteiger partial charge in [-0.3, -0.25) is 10.1 Å². The van der Waals surface area contributed by atoms with Crippen molar-refractivity contribution in [1.29, 1.82) is 0 Å². The predicted octanol–water partition coefficient (Wildman–Crippen LogP) is 2.71. The van der Waals surface area contributed by atoms with Crippen LogP contribution in [-0.2, 0) is 6.42 Å². The first-order valence-corrected chi connectivity index (χ1v) is 6.56. The molecule has 0 saturated carbocycles. The number of anilines is 1. The van der Waals surface area contributed by atoms with E-state index in [0.29, 0.717) is 15.8 Å². The molecule has 0 fully saturated rings. The highest BCUT2D eigenvalue weighted by Gasteiger charge is 2.11. The van der Waals surface area contributed by atoms with Crippen LogP contribution < -0.4 is 5.32 Å². The van der Waals surface area contributed by atoms with Crippen molar-refractivity contribution in [3.8, 4) is 0 Å². The predicted molar refractivity (Wildman–Crippen MR) is 71.2 cm³/mol. The highest BCUT2D eigenvalue weighted by molar-refractivity contribution is 7.15. The summed E-state index contributed by atoms with van der Waals surface area (Å²) in [4.78, 5) is 16.1. The van der Waals surface area contributed by atoms with Crippen LogP contribution in [0.25, 0.3) is 0 Å². The van der Waals surface area contributed by atoms with E-state index in [0.717, 1.165) is 17.1 Å². The lowest BCUT2D eigenvalue weighted by Gasteiger charge is -2.04. The molecule has 0 spiro atoms. The number of halogens is 1. The molecule has 0 atom stereocenters. The Morgan fingerprint density at radius 2 is 2.22 bits per heavy atom. The Morgan fingerprint density at radius 1 is 1.44 bits per heavy atom. The molecule has 0 aliphatic heterocycles. The summed E-state index contributed by atoms with van der Waals surface area (Å²) in [7, 11) is 0. The molecule has 1 N–H and O–H groups in total. The maximum absolute atomic E-state index is 12.0. The van der Waals surface area contributed by atoms with E-state index in [2.05, 4.69) is 20.5 Å². The fourth-order valence-electron chi connectivity index (χ4n) is 1.38. The third-order valence-electron chi connectivity index (χ3n) is 2.22. The summed E-state index contributed by atoms with van der Waals surface area (Å²) < 4.78 is 0. The van der Waals surface area contributed by atoms with E-state index in [1.165, 1.54) is 17.4 Å². The van der Waals surface area contributed by atoms with Crippen LogP contribution in [0, 0.1) is 6.92 Å². The molecule has 0 aliphatic carbocycles. The molecule has 2 heterocycles. The van der Waals surface area contributed by atoms with Gasteiger partial charge in [-0.2, -0.15) is 0 Å². The Labute approximate surface area is 113 Å². The fourth-order valence-corrected chi connectivity index (χ4v) is 2.19. The molecule has 2 rings (SSSR count). The van der Waals surface area contributed by atoms with E-state index < -0.39 is 0 Å². The summed E-state index contributed by atoms with van der Waals surface area (Å²) in [5, 5.41) is 11.9. The zero-order valence-corrected chi connectivity index (χ0v) is 11.5. The Balaban J connectivity index is 2.20. The van der Waals surface area contributed by atoms with Gasteiger partial charge in [0.2, 0.25) is 5.13 Å². The molecule has 0 saturated heterocycles. The Hall–Kier alpha value is -1.53. The minimum Gasteiger partial charge on any atom is -0.296 e. The Kier molecular flexibility index (Phi) is 3.88. The smallest absolute Gasteiger partial charge is 0.257 e. The number of nitrogens with one attached hydrogen (secondary N) is 1. The molecule has 5 nitrogen and oxygen atoms in total. The zero-order chi connectivity index (χ0) is 13.1. The number of nitrogens with zero attached hydrogens (tertiary/aromatic N) is 3. The van der Waals surface area contributed by atoms with Gasteiger partial charge in [0.25, 0.3) is 5.91 Å². The van der Waals surface area contributed by atoms with Gasteiger partial charge in [0.1, 0.15) is 10.2 Å². The monoisotopic (exact) mass is 282 g/mol. The molecule has 0 unspecified atom stereocenters. The average Bonchev–Trinajstić information content (AvgIpc) is 2.73. The van der Waals surface area contributed by atoms with Gasteiger partial charge >= 0.3 is 0 Å². The highest BCUT2D eigenvalue weighted by Crippen LogP contribution is 2.17. The second-order valence-corrected chi connectivity index (χ2v) is 5.17. The maximum atomic E-state index is 12.0. The van der Waals surface area contributed by atoms with Crippen molar-refractivity contribution in [2.24, 2.45) is 0 Å². The topological polar surface area (TPSA) is 67.8 Å². The first kappa shape index (κ1) is 12.9. The number of carbonyl (C=O) groups is 1. The van der Waals surface area contributed by atoms with Crippen LogP contribution in [0.4, 0.5) is 5.13 Å². The van der Waals surface area contributed by atoms with Gasteiger partial charge in [-0.05, 0) is 25.5 Å². The van der Waals surface area contributed by atoms with Crippen LogP contribution >= 0.6 is 22.9 Å². The standard InChI is InChI=1S/C11H11ClN4OS/c1-3-8-4-7(5-9(12)13-8)10(17)14-11-16-15-6(2)18-11/h4-5H,3H2,1-2H3,(H,14,16,17). The van der Waals surface area contributed by atoms with E-state index in [9.17, 15) is 4.79 Å². The van der Waals surface area contributed by atoms with Gasteiger partial charge in [-0.25, -0.2) is 4.98 Å². The minimum absolute atomic E-state index is 0.259. The number of hydrogen-bond donors (Lipinski definition) is 1. The Morgan fingerprint density at radius 3 is 2.83 bits per heavy atom. The summed E-state index contributed by atoms with van der Waals surface area (Å²) in [5.41, 5.74) is 1.25. The molecule has 0 aliphatic rings. The number of aryl methyl sites for hydroxylation is 2. The van der Waals surface area contributed by atoms with Crippen LogP contribution in [0.2, 0.25) is 5.15 Å². The molecule has 2 aromatic rings. The molecule has 1 amide bonds. The summed E-state index contributed by atoms with van der Waals surface area (Å²) in [6.45, 7) is 3.78. The molecular weight excluding hydrogens is 272 g/mol. The van der Waals surface area contributed by atoms with Crippen molar-refractivity contribution < 1.29 is 4.79 Å². The lowest BCUT2D eigenvalue weighted by atomic mass is 10.2. The fraction of sp³-hybridized carbons (Fsp3) is 0.273. The number of aromatic nitrogens is 3. The van der Waals surface area contributed by atoms with Crippen LogP contribution in [0.5, 0.6) is 0 Å². The molecule has 94 valence electrons. The highest BCUT2D eigenvalue weighted by atomic mass is 35.5. The van der Waals surface area contributed by atoms with Gasteiger partial charge < -0.3 is 0 Å². The number of pyridine rings is 1. The van der Waals surface area contributed by atoms with Crippen molar-refractivity contribution in [3.05, 3.63) is 33.6 Å². The lowest BCUT2D eigenvalue weighted by molar-refractivity contribution is 0.102.